The molecule has 0 aliphatic carbocycles. The van der Waals surface area contributed by atoms with Gasteiger partial charge in [-0.05, 0) is 36.5 Å². The molecule has 0 aromatic heterocycles. The zero-order chi connectivity index (χ0) is 11.4. The van der Waals surface area contributed by atoms with Crippen molar-refractivity contribution < 1.29 is 8.78 Å². The van der Waals surface area contributed by atoms with E-state index in [2.05, 4.69) is 29.8 Å². The van der Waals surface area contributed by atoms with Crippen LogP contribution in [0.2, 0.25) is 0 Å². The number of halogens is 3. The van der Waals surface area contributed by atoms with Crippen molar-refractivity contribution in [3.8, 4) is 0 Å². The molecule has 0 aliphatic rings. The van der Waals surface area contributed by atoms with E-state index in [0.717, 1.165) is 18.1 Å². The van der Waals surface area contributed by atoms with Gasteiger partial charge in [-0.1, -0.05) is 29.8 Å². The first-order valence-electron chi connectivity index (χ1n) is 5.12. The van der Waals surface area contributed by atoms with E-state index in [0.29, 0.717) is 17.2 Å². The molecule has 0 amide bonds. The van der Waals surface area contributed by atoms with Gasteiger partial charge < -0.3 is 0 Å². The minimum absolute atomic E-state index is 0.371. The molecule has 0 saturated carbocycles. The van der Waals surface area contributed by atoms with Crippen LogP contribution < -0.4 is 0 Å². The van der Waals surface area contributed by atoms with Gasteiger partial charge in [-0.2, -0.15) is 0 Å². The Morgan fingerprint density at radius 1 is 1.20 bits per heavy atom. The Labute approximate surface area is 97.8 Å². The number of rotatable bonds is 4. The lowest BCUT2D eigenvalue weighted by molar-refractivity contribution is 0.534. The topological polar surface area (TPSA) is 0 Å². The van der Waals surface area contributed by atoms with Gasteiger partial charge in [0.1, 0.15) is 11.6 Å². The average molecular weight is 277 g/mol. The van der Waals surface area contributed by atoms with E-state index in [-0.39, 0.29) is 0 Å². The quantitative estimate of drug-likeness (QED) is 0.719. The second-order valence-electron chi connectivity index (χ2n) is 3.88. The standard InChI is InChI=1S/C12H15BrF2/c1-3-12(13)8(2)4-9-5-10(14)7-11(15)6-9/h5-8,12H,3-4H2,1-2H3. The summed E-state index contributed by atoms with van der Waals surface area (Å²) in [5.41, 5.74) is 0.720. The van der Waals surface area contributed by atoms with Crippen LogP contribution in [0, 0.1) is 17.6 Å². The van der Waals surface area contributed by atoms with Gasteiger partial charge in [-0.15, -0.1) is 0 Å². The number of hydrogen-bond acceptors (Lipinski definition) is 0. The van der Waals surface area contributed by atoms with Crippen molar-refractivity contribution in [2.75, 3.05) is 0 Å². The van der Waals surface area contributed by atoms with Gasteiger partial charge in [0.25, 0.3) is 0 Å². The van der Waals surface area contributed by atoms with E-state index >= 15 is 0 Å². The van der Waals surface area contributed by atoms with Crippen LogP contribution >= 0.6 is 15.9 Å². The van der Waals surface area contributed by atoms with Gasteiger partial charge in [0, 0.05) is 10.9 Å². The molecule has 2 atom stereocenters. The first-order valence-corrected chi connectivity index (χ1v) is 6.03. The summed E-state index contributed by atoms with van der Waals surface area (Å²) in [5.74, 6) is -0.629. The molecule has 0 N–H and O–H groups in total. The maximum Gasteiger partial charge on any atom is 0.126 e. The molecule has 0 spiro atoms. The fourth-order valence-corrected chi connectivity index (χ4v) is 1.82. The predicted octanol–water partition coefficient (Wildman–Crippen LogP) is 4.32. The normalized spacial score (nSPS) is 15.0. The van der Waals surface area contributed by atoms with Crippen molar-refractivity contribution >= 4 is 15.9 Å². The zero-order valence-electron chi connectivity index (χ0n) is 8.93. The Kier molecular flexibility index (Phi) is 4.71. The lowest BCUT2D eigenvalue weighted by atomic mass is 9.97. The highest BCUT2D eigenvalue weighted by Gasteiger charge is 2.13. The van der Waals surface area contributed by atoms with Gasteiger partial charge >= 0.3 is 0 Å². The van der Waals surface area contributed by atoms with Crippen molar-refractivity contribution in [2.24, 2.45) is 5.92 Å². The minimum Gasteiger partial charge on any atom is -0.207 e. The minimum atomic E-state index is -0.500. The summed E-state index contributed by atoms with van der Waals surface area (Å²) in [4.78, 5) is 0.392. The Hall–Kier alpha value is -0.440. The molecule has 2 unspecified atom stereocenters. The summed E-state index contributed by atoms with van der Waals surface area (Å²) in [6.07, 6.45) is 1.71. The second-order valence-corrected chi connectivity index (χ2v) is 5.06. The zero-order valence-corrected chi connectivity index (χ0v) is 10.5. The number of benzene rings is 1. The van der Waals surface area contributed by atoms with Gasteiger partial charge in [-0.25, -0.2) is 8.78 Å². The second kappa shape index (κ2) is 5.59. The molecule has 0 radical (unpaired) electrons. The molecule has 15 heavy (non-hydrogen) atoms. The summed E-state index contributed by atoms with van der Waals surface area (Å²) in [7, 11) is 0. The largest absolute Gasteiger partial charge is 0.207 e. The van der Waals surface area contributed by atoms with Crippen LogP contribution in [0.4, 0.5) is 8.78 Å². The van der Waals surface area contributed by atoms with Gasteiger partial charge in [0.2, 0.25) is 0 Å². The molecule has 0 bridgehead atoms. The fraction of sp³-hybridized carbons (Fsp3) is 0.500. The third-order valence-electron chi connectivity index (χ3n) is 2.49. The molecule has 0 heterocycles. The third-order valence-corrected chi connectivity index (χ3v) is 4.04. The van der Waals surface area contributed by atoms with E-state index in [1.165, 1.54) is 12.1 Å². The highest BCUT2D eigenvalue weighted by molar-refractivity contribution is 9.09. The maximum atomic E-state index is 12.9. The van der Waals surface area contributed by atoms with E-state index in [4.69, 9.17) is 0 Å². The average Bonchev–Trinajstić information content (AvgIpc) is 2.14. The van der Waals surface area contributed by atoms with Gasteiger partial charge in [0.15, 0.2) is 0 Å². The molecule has 0 saturated heterocycles. The van der Waals surface area contributed by atoms with E-state index in [1.807, 2.05) is 0 Å². The van der Waals surface area contributed by atoms with E-state index < -0.39 is 11.6 Å². The van der Waals surface area contributed by atoms with Crippen LogP contribution in [-0.2, 0) is 6.42 Å². The molecule has 1 aromatic rings. The van der Waals surface area contributed by atoms with Crippen LogP contribution in [0.5, 0.6) is 0 Å². The molecular formula is C12H15BrF2. The van der Waals surface area contributed by atoms with Crippen LogP contribution in [0.15, 0.2) is 18.2 Å². The first-order chi connectivity index (χ1) is 7.02. The molecule has 3 heteroatoms. The summed E-state index contributed by atoms with van der Waals surface area (Å²) in [6, 6.07) is 3.70. The molecule has 0 aliphatic heterocycles. The van der Waals surface area contributed by atoms with Crippen molar-refractivity contribution in [2.45, 2.75) is 31.5 Å². The predicted molar refractivity (Wildman–Crippen MR) is 62.2 cm³/mol. The maximum absolute atomic E-state index is 12.9. The molecule has 84 valence electrons. The van der Waals surface area contributed by atoms with Crippen LogP contribution in [-0.4, -0.2) is 4.83 Å². The Morgan fingerprint density at radius 2 is 1.73 bits per heavy atom. The molecule has 0 nitrogen and oxygen atoms in total. The summed E-state index contributed by atoms with van der Waals surface area (Å²) < 4.78 is 25.8. The van der Waals surface area contributed by atoms with Gasteiger partial charge in [-0.3, -0.25) is 0 Å². The summed E-state index contributed by atoms with van der Waals surface area (Å²) >= 11 is 3.55. The van der Waals surface area contributed by atoms with E-state index in [9.17, 15) is 8.78 Å². The van der Waals surface area contributed by atoms with Crippen LogP contribution in [0.3, 0.4) is 0 Å². The van der Waals surface area contributed by atoms with Crippen molar-refractivity contribution in [3.63, 3.8) is 0 Å². The number of hydrogen-bond donors (Lipinski definition) is 0. The van der Waals surface area contributed by atoms with Crippen LogP contribution in [0.1, 0.15) is 25.8 Å². The van der Waals surface area contributed by atoms with E-state index in [1.54, 1.807) is 0 Å². The summed E-state index contributed by atoms with van der Waals surface area (Å²) in [6.45, 7) is 4.16. The molecule has 1 aromatic carbocycles. The molecular weight excluding hydrogens is 262 g/mol. The van der Waals surface area contributed by atoms with Crippen LogP contribution in [0.25, 0.3) is 0 Å². The monoisotopic (exact) mass is 276 g/mol. The van der Waals surface area contributed by atoms with Crippen molar-refractivity contribution in [1.82, 2.24) is 0 Å². The highest BCUT2D eigenvalue weighted by Crippen LogP contribution is 2.21. The molecule has 1 rings (SSSR count). The first kappa shape index (κ1) is 12.6. The van der Waals surface area contributed by atoms with Crippen molar-refractivity contribution in [3.05, 3.63) is 35.4 Å². The Bertz CT molecular complexity index is 305. The van der Waals surface area contributed by atoms with Crippen molar-refractivity contribution in [1.29, 1.82) is 0 Å². The lowest BCUT2D eigenvalue weighted by Gasteiger charge is -2.16. The lowest BCUT2D eigenvalue weighted by Crippen LogP contribution is -2.12. The smallest absolute Gasteiger partial charge is 0.126 e. The Balaban J connectivity index is 2.72. The number of alkyl halides is 1. The fourth-order valence-electron chi connectivity index (χ4n) is 1.63. The summed E-state index contributed by atoms with van der Waals surface area (Å²) in [5, 5.41) is 0. The van der Waals surface area contributed by atoms with Gasteiger partial charge in [0.05, 0.1) is 0 Å². The Morgan fingerprint density at radius 3 is 2.20 bits per heavy atom. The molecule has 0 fully saturated rings. The third kappa shape index (κ3) is 3.90. The SMILES string of the molecule is CCC(Br)C(C)Cc1cc(F)cc(F)c1. The highest BCUT2D eigenvalue weighted by atomic mass is 79.9.